The molecule has 1 fully saturated rings. The molecular weight excluding hydrogens is 250 g/mol. The molecule has 3 heterocycles. The van der Waals surface area contributed by atoms with Gasteiger partial charge in [0.15, 0.2) is 6.29 Å². The van der Waals surface area contributed by atoms with Crippen molar-refractivity contribution in [2.24, 2.45) is 0 Å². The summed E-state index contributed by atoms with van der Waals surface area (Å²) in [6.45, 7) is 0.689. The molecule has 0 N–H and O–H groups in total. The smallest absolute Gasteiger partial charge is 0.151 e. The SMILES string of the molecule is O=Cc1ccn(Cc2cn3cc(C4CC4)ccc3n2)c1. The molecule has 4 rings (SSSR count). The minimum atomic E-state index is 0.689. The third-order valence-electron chi connectivity index (χ3n) is 3.83. The van der Waals surface area contributed by atoms with Crippen molar-refractivity contribution in [2.75, 3.05) is 0 Å². The second-order valence-corrected chi connectivity index (χ2v) is 5.47. The fourth-order valence-electron chi connectivity index (χ4n) is 2.61. The summed E-state index contributed by atoms with van der Waals surface area (Å²) in [4.78, 5) is 15.3. The number of carbonyl (C=O) groups excluding carboxylic acids is 1. The Kier molecular flexibility index (Phi) is 2.49. The highest BCUT2D eigenvalue weighted by Gasteiger charge is 2.23. The molecule has 0 radical (unpaired) electrons. The third-order valence-corrected chi connectivity index (χ3v) is 3.83. The van der Waals surface area contributed by atoms with Gasteiger partial charge in [0.05, 0.1) is 12.2 Å². The molecule has 20 heavy (non-hydrogen) atoms. The molecule has 4 heteroatoms. The van der Waals surface area contributed by atoms with Crippen molar-refractivity contribution >= 4 is 11.9 Å². The summed E-state index contributed by atoms with van der Waals surface area (Å²) in [7, 11) is 0. The molecule has 1 saturated carbocycles. The van der Waals surface area contributed by atoms with E-state index in [0.717, 1.165) is 23.5 Å². The summed E-state index contributed by atoms with van der Waals surface area (Å²) >= 11 is 0. The lowest BCUT2D eigenvalue weighted by atomic mass is 10.2. The number of pyridine rings is 1. The lowest BCUT2D eigenvalue weighted by Crippen LogP contribution is -1.96. The number of aldehydes is 1. The predicted molar refractivity (Wildman–Crippen MR) is 76.1 cm³/mol. The van der Waals surface area contributed by atoms with Crippen molar-refractivity contribution in [1.29, 1.82) is 0 Å². The Bertz CT molecular complexity index is 780. The zero-order chi connectivity index (χ0) is 13.5. The molecule has 100 valence electrons. The summed E-state index contributed by atoms with van der Waals surface area (Å²) < 4.78 is 4.08. The standard InChI is InChI=1S/C16H15N3O/c20-11-12-5-6-18(7-12)9-15-10-19-8-14(13-1-2-13)3-4-16(19)17-15/h3-8,10-11,13H,1-2,9H2. The maximum atomic E-state index is 10.7. The van der Waals surface area contributed by atoms with Crippen molar-refractivity contribution in [3.8, 4) is 0 Å². The topological polar surface area (TPSA) is 39.3 Å². The predicted octanol–water partition coefficient (Wildman–Crippen LogP) is 2.87. The Balaban J connectivity index is 1.64. The van der Waals surface area contributed by atoms with Gasteiger partial charge in [-0.05, 0) is 36.5 Å². The van der Waals surface area contributed by atoms with Crippen LogP contribution in [0.4, 0.5) is 0 Å². The Morgan fingerprint density at radius 1 is 1.20 bits per heavy atom. The van der Waals surface area contributed by atoms with E-state index in [9.17, 15) is 4.79 Å². The van der Waals surface area contributed by atoms with E-state index in [2.05, 4.69) is 33.9 Å². The molecule has 0 aliphatic heterocycles. The first-order chi connectivity index (χ1) is 9.81. The quantitative estimate of drug-likeness (QED) is 0.680. The van der Waals surface area contributed by atoms with Crippen LogP contribution in [0.2, 0.25) is 0 Å². The van der Waals surface area contributed by atoms with Gasteiger partial charge in [0, 0.05) is 30.4 Å². The average molecular weight is 265 g/mol. The first kappa shape index (κ1) is 11.5. The number of carbonyl (C=O) groups is 1. The van der Waals surface area contributed by atoms with E-state index in [1.807, 2.05) is 23.0 Å². The van der Waals surface area contributed by atoms with Crippen molar-refractivity contribution in [3.05, 3.63) is 59.8 Å². The highest BCUT2D eigenvalue weighted by Crippen LogP contribution is 2.39. The number of fused-ring (bicyclic) bond motifs is 1. The molecule has 1 aliphatic carbocycles. The highest BCUT2D eigenvalue weighted by atomic mass is 16.1. The molecule has 0 unspecified atom stereocenters. The second-order valence-electron chi connectivity index (χ2n) is 5.47. The molecular formula is C16H15N3O. The van der Waals surface area contributed by atoms with Crippen LogP contribution in [-0.4, -0.2) is 20.2 Å². The lowest BCUT2D eigenvalue weighted by molar-refractivity contribution is 0.112. The van der Waals surface area contributed by atoms with Crippen LogP contribution in [0.15, 0.2) is 43.0 Å². The highest BCUT2D eigenvalue weighted by molar-refractivity contribution is 5.74. The largest absolute Gasteiger partial charge is 0.348 e. The Hall–Kier alpha value is -2.36. The van der Waals surface area contributed by atoms with Crippen molar-refractivity contribution in [2.45, 2.75) is 25.3 Å². The minimum Gasteiger partial charge on any atom is -0.348 e. The van der Waals surface area contributed by atoms with Crippen LogP contribution >= 0.6 is 0 Å². The fourth-order valence-corrected chi connectivity index (χ4v) is 2.61. The third kappa shape index (κ3) is 2.03. The van der Waals surface area contributed by atoms with Crippen LogP contribution in [0.25, 0.3) is 5.65 Å². The van der Waals surface area contributed by atoms with Gasteiger partial charge in [-0.2, -0.15) is 0 Å². The van der Waals surface area contributed by atoms with Crippen LogP contribution in [0, 0.1) is 0 Å². The number of hydrogen-bond donors (Lipinski definition) is 0. The molecule has 1 aliphatic rings. The van der Waals surface area contributed by atoms with Crippen molar-refractivity contribution < 1.29 is 4.79 Å². The van der Waals surface area contributed by atoms with Crippen LogP contribution < -0.4 is 0 Å². The van der Waals surface area contributed by atoms with Crippen LogP contribution in [0.3, 0.4) is 0 Å². The van der Waals surface area contributed by atoms with E-state index in [0.29, 0.717) is 12.1 Å². The van der Waals surface area contributed by atoms with E-state index < -0.39 is 0 Å². The van der Waals surface area contributed by atoms with Gasteiger partial charge in [-0.15, -0.1) is 0 Å². The fraction of sp³-hybridized carbons (Fsp3) is 0.250. The van der Waals surface area contributed by atoms with Crippen LogP contribution in [-0.2, 0) is 6.54 Å². The zero-order valence-corrected chi connectivity index (χ0v) is 11.1. The van der Waals surface area contributed by atoms with Gasteiger partial charge in [0.25, 0.3) is 0 Å². The minimum absolute atomic E-state index is 0.689. The van der Waals surface area contributed by atoms with E-state index in [4.69, 9.17) is 0 Å². The Labute approximate surface area is 116 Å². The molecule has 0 amide bonds. The van der Waals surface area contributed by atoms with E-state index in [-0.39, 0.29) is 0 Å². The van der Waals surface area contributed by atoms with Gasteiger partial charge in [-0.25, -0.2) is 4.98 Å². The van der Waals surface area contributed by atoms with Crippen LogP contribution in [0.5, 0.6) is 0 Å². The van der Waals surface area contributed by atoms with Crippen LogP contribution in [0.1, 0.15) is 40.4 Å². The molecule has 4 nitrogen and oxygen atoms in total. The van der Waals surface area contributed by atoms with E-state index >= 15 is 0 Å². The van der Waals surface area contributed by atoms with Crippen molar-refractivity contribution in [3.63, 3.8) is 0 Å². The molecule has 0 bridgehead atoms. The summed E-state index contributed by atoms with van der Waals surface area (Å²) in [5, 5.41) is 0. The maximum absolute atomic E-state index is 10.7. The second kappa shape index (κ2) is 4.34. The zero-order valence-electron chi connectivity index (χ0n) is 11.1. The maximum Gasteiger partial charge on any atom is 0.151 e. The molecule has 0 aromatic carbocycles. The normalized spacial score (nSPS) is 14.8. The summed E-state index contributed by atoms with van der Waals surface area (Å²) in [6, 6.07) is 6.08. The molecule has 3 aromatic rings. The van der Waals surface area contributed by atoms with E-state index in [1.165, 1.54) is 18.4 Å². The number of imidazole rings is 1. The summed E-state index contributed by atoms with van der Waals surface area (Å²) in [6.07, 6.45) is 11.5. The van der Waals surface area contributed by atoms with Gasteiger partial charge in [0.1, 0.15) is 5.65 Å². The van der Waals surface area contributed by atoms with Gasteiger partial charge in [0.2, 0.25) is 0 Å². The van der Waals surface area contributed by atoms with Crippen molar-refractivity contribution in [1.82, 2.24) is 14.0 Å². The molecule has 0 spiro atoms. The Morgan fingerprint density at radius 3 is 2.85 bits per heavy atom. The Morgan fingerprint density at radius 2 is 2.10 bits per heavy atom. The molecule has 3 aromatic heterocycles. The first-order valence-electron chi connectivity index (χ1n) is 6.90. The molecule has 0 atom stereocenters. The van der Waals surface area contributed by atoms with Gasteiger partial charge < -0.3 is 8.97 Å². The van der Waals surface area contributed by atoms with Gasteiger partial charge >= 0.3 is 0 Å². The average Bonchev–Trinajstić information content (AvgIpc) is 3.08. The first-order valence-corrected chi connectivity index (χ1v) is 6.90. The number of hydrogen-bond acceptors (Lipinski definition) is 2. The number of rotatable bonds is 4. The van der Waals surface area contributed by atoms with Gasteiger partial charge in [-0.1, -0.05) is 6.07 Å². The van der Waals surface area contributed by atoms with E-state index in [1.54, 1.807) is 0 Å². The monoisotopic (exact) mass is 265 g/mol. The lowest BCUT2D eigenvalue weighted by Gasteiger charge is -1.98. The number of nitrogens with zero attached hydrogens (tertiary/aromatic N) is 3. The van der Waals surface area contributed by atoms with Gasteiger partial charge in [-0.3, -0.25) is 4.79 Å². The summed E-state index contributed by atoms with van der Waals surface area (Å²) in [5.74, 6) is 0.754. The number of aromatic nitrogens is 3. The molecule has 0 saturated heterocycles. The summed E-state index contributed by atoms with van der Waals surface area (Å²) in [5.41, 5.74) is 4.09.